The molecule has 1 fully saturated rings. The van der Waals surface area contributed by atoms with Crippen molar-refractivity contribution in [1.29, 1.82) is 0 Å². The smallest absolute Gasteiger partial charge is 0.308 e. The molecule has 0 radical (unpaired) electrons. The molecule has 0 bridgehead atoms. The van der Waals surface area contributed by atoms with Crippen LogP contribution in [0.2, 0.25) is 0 Å². The van der Waals surface area contributed by atoms with Crippen LogP contribution in [0.5, 0.6) is 0 Å². The molecule has 2 atom stereocenters. The minimum Gasteiger partial charge on any atom is -0.481 e. The topological polar surface area (TPSA) is 78.8 Å². The Balaban J connectivity index is 1.72. The van der Waals surface area contributed by atoms with Crippen LogP contribution < -0.4 is 5.32 Å². The molecular weight excluding hydrogens is 280 g/mol. The Morgan fingerprint density at radius 2 is 1.91 bits per heavy atom. The van der Waals surface area contributed by atoms with E-state index < -0.39 is 11.9 Å². The lowest BCUT2D eigenvalue weighted by atomic mass is 9.84. The Morgan fingerprint density at radius 3 is 2.73 bits per heavy atom. The number of para-hydroxylation sites is 1. The van der Waals surface area contributed by atoms with Gasteiger partial charge in [0, 0.05) is 6.04 Å². The number of hydrogen-bond donors (Lipinski definition) is 2. The van der Waals surface area contributed by atoms with E-state index in [0.29, 0.717) is 18.6 Å². The summed E-state index contributed by atoms with van der Waals surface area (Å²) in [5.41, 5.74) is 2.51. The predicted molar refractivity (Wildman–Crippen MR) is 83.4 cm³/mol. The molecular formula is C17H20N2O3. The maximum atomic E-state index is 12.4. The van der Waals surface area contributed by atoms with Crippen LogP contribution in [0.1, 0.15) is 37.7 Å². The number of rotatable bonds is 3. The van der Waals surface area contributed by atoms with E-state index >= 15 is 0 Å². The number of carboxylic acids is 1. The van der Waals surface area contributed by atoms with E-state index in [1.165, 1.54) is 0 Å². The standard InChI is InChI=1S/C17H20N2O3/c20-16(19-14-8-4-2-6-12(14)17(21)22)15-10-9-11-5-1-3-7-13(11)18-15/h1,3,5,7,12,14H,2,4,6,8-10H2,(H,19,20)(H,21,22)/t12-,14+/m1/s1. The van der Waals surface area contributed by atoms with Gasteiger partial charge in [0.25, 0.3) is 5.91 Å². The number of aryl methyl sites for hydroxylation is 1. The van der Waals surface area contributed by atoms with Crippen LogP contribution in [0.4, 0.5) is 5.69 Å². The first-order valence-electron chi connectivity index (χ1n) is 7.84. The first kappa shape index (κ1) is 14.8. The zero-order valence-corrected chi connectivity index (χ0v) is 12.4. The second-order valence-electron chi connectivity index (χ2n) is 6.00. The SMILES string of the molecule is O=C(N[C@H]1CCCC[C@H]1C(=O)O)C1=Nc2ccccc2CC1. The number of amides is 1. The number of nitrogens with one attached hydrogen (secondary N) is 1. The average molecular weight is 300 g/mol. The van der Waals surface area contributed by atoms with Crippen LogP contribution in [0.15, 0.2) is 29.3 Å². The fraction of sp³-hybridized carbons (Fsp3) is 0.471. The second-order valence-corrected chi connectivity index (χ2v) is 6.00. The van der Waals surface area contributed by atoms with Gasteiger partial charge in [-0.05, 0) is 37.3 Å². The highest BCUT2D eigenvalue weighted by Crippen LogP contribution is 2.27. The third-order valence-corrected chi connectivity index (χ3v) is 4.54. The molecule has 0 unspecified atom stereocenters. The van der Waals surface area contributed by atoms with Crippen molar-refractivity contribution in [2.24, 2.45) is 10.9 Å². The van der Waals surface area contributed by atoms with Gasteiger partial charge in [-0.1, -0.05) is 31.0 Å². The molecule has 22 heavy (non-hydrogen) atoms. The number of carboxylic acid groups (broad SMARTS) is 1. The van der Waals surface area contributed by atoms with E-state index in [1.54, 1.807) is 0 Å². The van der Waals surface area contributed by atoms with Gasteiger partial charge in [-0.25, -0.2) is 4.99 Å². The summed E-state index contributed by atoms with van der Waals surface area (Å²) in [5.74, 6) is -1.51. The summed E-state index contributed by atoms with van der Waals surface area (Å²) >= 11 is 0. The van der Waals surface area contributed by atoms with Gasteiger partial charge < -0.3 is 10.4 Å². The predicted octanol–water partition coefficient (Wildman–Crippen LogP) is 2.46. The lowest BCUT2D eigenvalue weighted by Crippen LogP contribution is -2.47. The zero-order valence-electron chi connectivity index (χ0n) is 12.4. The highest BCUT2D eigenvalue weighted by Gasteiger charge is 2.32. The van der Waals surface area contributed by atoms with Gasteiger partial charge >= 0.3 is 5.97 Å². The number of nitrogens with zero attached hydrogens (tertiary/aromatic N) is 1. The molecule has 1 aliphatic carbocycles. The lowest BCUT2D eigenvalue weighted by molar-refractivity contribution is -0.144. The Hall–Kier alpha value is -2.17. The van der Waals surface area contributed by atoms with E-state index in [2.05, 4.69) is 10.3 Å². The number of carbonyl (C=O) groups is 2. The van der Waals surface area contributed by atoms with Crippen LogP contribution in [0.3, 0.4) is 0 Å². The van der Waals surface area contributed by atoms with Crippen molar-refractivity contribution in [1.82, 2.24) is 5.32 Å². The van der Waals surface area contributed by atoms with Crippen molar-refractivity contribution in [3.05, 3.63) is 29.8 Å². The van der Waals surface area contributed by atoms with Gasteiger partial charge in [0.15, 0.2) is 0 Å². The average Bonchev–Trinajstić information content (AvgIpc) is 2.54. The number of benzene rings is 1. The molecule has 2 N–H and O–H groups in total. The molecule has 0 saturated heterocycles. The van der Waals surface area contributed by atoms with Gasteiger partial charge in [-0.15, -0.1) is 0 Å². The highest BCUT2D eigenvalue weighted by atomic mass is 16.4. The Kier molecular flexibility index (Phi) is 4.22. The maximum Gasteiger partial charge on any atom is 0.308 e. The van der Waals surface area contributed by atoms with E-state index in [4.69, 9.17) is 0 Å². The van der Waals surface area contributed by atoms with E-state index in [0.717, 1.165) is 36.9 Å². The minimum absolute atomic E-state index is 0.215. The monoisotopic (exact) mass is 300 g/mol. The van der Waals surface area contributed by atoms with Crippen molar-refractivity contribution in [2.45, 2.75) is 44.6 Å². The van der Waals surface area contributed by atoms with Crippen molar-refractivity contribution >= 4 is 23.3 Å². The van der Waals surface area contributed by atoms with E-state index in [1.807, 2.05) is 24.3 Å². The largest absolute Gasteiger partial charge is 0.481 e. The Bertz CT molecular complexity index is 624. The van der Waals surface area contributed by atoms with E-state index in [9.17, 15) is 14.7 Å². The molecule has 5 nitrogen and oxygen atoms in total. The Morgan fingerprint density at radius 1 is 1.14 bits per heavy atom. The summed E-state index contributed by atoms with van der Waals surface area (Å²) in [6, 6.07) is 7.53. The van der Waals surface area contributed by atoms with Gasteiger partial charge in [-0.2, -0.15) is 0 Å². The molecule has 0 spiro atoms. The summed E-state index contributed by atoms with van der Waals surface area (Å²) in [6.45, 7) is 0. The molecule has 1 aromatic rings. The van der Waals surface area contributed by atoms with Crippen molar-refractivity contribution in [2.75, 3.05) is 0 Å². The van der Waals surface area contributed by atoms with Crippen molar-refractivity contribution < 1.29 is 14.7 Å². The van der Waals surface area contributed by atoms with Gasteiger partial charge in [0.1, 0.15) is 5.71 Å². The summed E-state index contributed by atoms with van der Waals surface area (Å²) in [4.78, 5) is 28.2. The lowest BCUT2D eigenvalue weighted by Gasteiger charge is -2.29. The third kappa shape index (κ3) is 3.03. The van der Waals surface area contributed by atoms with Crippen LogP contribution in [-0.2, 0) is 16.0 Å². The van der Waals surface area contributed by atoms with Crippen LogP contribution in [-0.4, -0.2) is 28.7 Å². The summed E-state index contributed by atoms with van der Waals surface area (Å²) < 4.78 is 0. The number of fused-ring (bicyclic) bond motifs is 1. The van der Waals surface area contributed by atoms with Crippen LogP contribution in [0, 0.1) is 5.92 Å². The zero-order chi connectivity index (χ0) is 15.5. The second kappa shape index (κ2) is 6.30. The first-order valence-corrected chi connectivity index (χ1v) is 7.84. The first-order chi connectivity index (χ1) is 10.6. The number of aliphatic imine (C=N–C) groups is 1. The normalized spacial score (nSPS) is 24.1. The van der Waals surface area contributed by atoms with E-state index in [-0.39, 0.29) is 11.9 Å². The van der Waals surface area contributed by atoms with Gasteiger partial charge in [-0.3, -0.25) is 9.59 Å². The minimum atomic E-state index is -0.819. The van der Waals surface area contributed by atoms with Crippen LogP contribution in [0.25, 0.3) is 0 Å². The molecule has 1 heterocycles. The van der Waals surface area contributed by atoms with Gasteiger partial charge in [0.05, 0.1) is 11.6 Å². The summed E-state index contributed by atoms with van der Waals surface area (Å²) in [7, 11) is 0. The molecule has 0 aromatic heterocycles. The molecule has 1 saturated carbocycles. The molecule has 3 rings (SSSR count). The quantitative estimate of drug-likeness (QED) is 0.900. The molecule has 2 aliphatic rings. The fourth-order valence-electron chi connectivity index (χ4n) is 3.30. The van der Waals surface area contributed by atoms with Gasteiger partial charge in [0.2, 0.25) is 0 Å². The molecule has 5 heteroatoms. The summed E-state index contributed by atoms with van der Waals surface area (Å²) in [6.07, 6.45) is 4.65. The number of hydrogen-bond acceptors (Lipinski definition) is 3. The molecule has 116 valence electrons. The van der Waals surface area contributed by atoms with Crippen molar-refractivity contribution in [3.8, 4) is 0 Å². The maximum absolute atomic E-state index is 12.4. The number of carbonyl (C=O) groups excluding carboxylic acids is 1. The highest BCUT2D eigenvalue weighted by molar-refractivity contribution is 6.39. The third-order valence-electron chi connectivity index (χ3n) is 4.54. The van der Waals surface area contributed by atoms with Crippen molar-refractivity contribution in [3.63, 3.8) is 0 Å². The number of aliphatic carboxylic acids is 1. The molecule has 1 aromatic carbocycles. The molecule has 1 aliphatic heterocycles. The van der Waals surface area contributed by atoms with Crippen LogP contribution >= 0.6 is 0 Å². The summed E-state index contributed by atoms with van der Waals surface area (Å²) in [5, 5.41) is 12.2. The molecule has 1 amide bonds. The Labute approximate surface area is 129 Å². The fourth-order valence-corrected chi connectivity index (χ4v) is 3.30.